The van der Waals surface area contributed by atoms with Crippen LogP contribution in [0.1, 0.15) is 22.3 Å². The molecule has 3 aromatic rings. The fourth-order valence-electron chi connectivity index (χ4n) is 2.88. The van der Waals surface area contributed by atoms with Crippen LogP contribution in [0, 0.1) is 18.3 Å². The van der Waals surface area contributed by atoms with Crippen LogP contribution >= 0.6 is 15.9 Å². The van der Waals surface area contributed by atoms with Gasteiger partial charge in [0.05, 0.1) is 5.56 Å². The predicted octanol–water partition coefficient (Wildman–Crippen LogP) is 6.90. The molecular formula is C25H18BrF3N2O2. The van der Waals surface area contributed by atoms with E-state index in [0.29, 0.717) is 15.8 Å². The molecule has 0 saturated carbocycles. The van der Waals surface area contributed by atoms with Crippen LogP contribution < -0.4 is 10.1 Å². The van der Waals surface area contributed by atoms with Gasteiger partial charge in [-0.05, 0) is 55.0 Å². The van der Waals surface area contributed by atoms with Gasteiger partial charge in [0.1, 0.15) is 24.0 Å². The number of ether oxygens (including phenoxy) is 1. The van der Waals surface area contributed by atoms with Crippen LogP contribution in [0.5, 0.6) is 5.75 Å². The maximum atomic E-state index is 12.9. The molecule has 1 amide bonds. The molecule has 8 heteroatoms. The zero-order valence-electron chi connectivity index (χ0n) is 17.4. The summed E-state index contributed by atoms with van der Waals surface area (Å²) in [6.45, 7) is 2.26. The lowest BCUT2D eigenvalue weighted by Crippen LogP contribution is -2.14. The number of alkyl halides is 3. The Balaban J connectivity index is 1.82. The molecule has 3 aromatic carbocycles. The van der Waals surface area contributed by atoms with Crippen LogP contribution in [0.4, 0.5) is 18.9 Å². The summed E-state index contributed by atoms with van der Waals surface area (Å²) in [5, 5.41) is 11.8. The number of nitrogens with zero attached hydrogens (tertiary/aromatic N) is 1. The molecule has 0 radical (unpaired) electrons. The van der Waals surface area contributed by atoms with Gasteiger partial charge in [0.2, 0.25) is 0 Å². The summed E-state index contributed by atoms with van der Waals surface area (Å²) in [5.41, 5.74) is 1.28. The van der Waals surface area contributed by atoms with Crippen LogP contribution in [-0.4, -0.2) is 5.91 Å². The zero-order chi connectivity index (χ0) is 24.0. The molecule has 0 aromatic heterocycles. The monoisotopic (exact) mass is 514 g/mol. The molecule has 0 bridgehead atoms. The van der Waals surface area contributed by atoms with E-state index in [9.17, 15) is 23.2 Å². The number of carbonyl (C=O) groups excluding carboxylic acids is 1. The van der Waals surface area contributed by atoms with E-state index in [1.165, 1.54) is 18.2 Å². The highest BCUT2D eigenvalue weighted by Gasteiger charge is 2.30. The Morgan fingerprint density at radius 2 is 1.85 bits per heavy atom. The summed E-state index contributed by atoms with van der Waals surface area (Å²) in [6.07, 6.45) is -3.22. The lowest BCUT2D eigenvalue weighted by Gasteiger charge is -2.11. The van der Waals surface area contributed by atoms with Gasteiger partial charge in [-0.2, -0.15) is 18.4 Å². The SMILES string of the molecule is Cc1ccc(COc2ccc(Br)cc2/C=C(\C#N)C(=O)Nc2cccc(C(F)(F)F)c2)cc1. The number of aryl methyl sites for hydroxylation is 1. The van der Waals surface area contributed by atoms with Crippen molar-refractivity contribution < 1.29 is 22.7 Å². The summed E-state index contributed by atoms with van der Waals surface area (Å²) in [6, 6.07) is 18.9. The Hall–Kier alpha value is -3.57. The smallest absolute Gasteiger partial charge is 0.416 e. The molecule has 0 aliphatic heterocycles. The van der Waals surface area contributed by atoms with E-state index in [1.807, 2.05) is 31.2 Å². The average Bonchev–Trinajstić information content (AvgIpc) is 2.77. The van der Waals surface area contributed by atoms with Gasteiger partial charge in [0.25, 0.3) is 5.91 Å². The lowest BCUT2D eigenvalue weighted by molar-refractivity contribution is -0.137. The topological polar surface area (TPSA) is 62.1 Å². The molecule has 0 unspecified atom stereocenters. The minimum absolute atomic E-state index is 0.0685. The van der Waals surface area contributed by atoms with Crippen molar-refractivity contribution in [1.29, 1.82) is 5.26 Å². The number of hydrogen-bond donors (Lipinski definition) is 1. The number of anilines is 1. The summed E-state index contributed by atoms with van der Waals surface area (Å²) in [7, 11) is 0. The summed E-state index contributed by atoms with van der Waals surface area (Å²) in [5.74, 6) is -0.389. The van der Waals surface area contributed by atoms with Crippen molar-refractivity contribution in [3.63, 3.8) is 0 Å². The van der Waals surface area contributed by atoms with Crippen LogP contribution in [0.2, 0.25) is 0 Å². The summed E-state index contributed by atoms with van der Waals surface area (Å²) < 4.78 is 45.3. The Morgan fingerprint density at radius 1 is 1.12 bits per heavy atom. The molecule has 0 heterocycles. The van der Waals surface area contributed by atoms with Gasteiger partial charge in [-0.25, -0.2) is 0 Å². The van der Waals surface area contributed by atoms with Crippen LogP contribution in [-0.2, 0) is 17.6 Å². The number of rotatable bonds is 6. The number of carbonyl (C=O) groups is 1. The molecule has 4 nitrogen and oxygen atoms in total. The Morgan fingerprint density at radius 3 is 2.52 bits per heavy atom. The Labute approximate surface area is 197 Å². The van der Waals surface area contributed by atoms with Crippen molar-refractivity contribution in [2.45, 2.75) is 19.7 Å². The van der Waals surface area contributed by atoms with E-state index < -0.39 is 17.6 Å². The molecule has 3 rings (SSSR count). The van der Waals surface area contributed by atoms with E-state index >= 15 is 0 Å². The largest absolute Gasteiger partial charge is 0.488 e. The molecule has 0 spiro atoms. The second-order valence-corrected chi connectivity index (χ2v) is 8.07. The summed E-state index contributed by atoms with van der Waals surface area (Å²) in [4.78, 5) is 12.6. The van der Waals surface area contributed by atoms with Crippen LogP contribution in [0.3, 0.4) is 0 Å². The Kier molecular flexibility index (Phi) is 7.56. The number of nitrogens with one attached hydrogen (secondary N) is 1. The number of amides is 1. The molecule has 0 aliphatic rings. The molecule has 168 valence electrons. The van der Waals surface area contributed by atoms with Crippen molar-refractivity contribution in [2.75, 3.05) is 5.32 Å². The van der Waals surface area contributed by atoms with Crippen molar-refractivity contribution in [3.05, 3.63) is 99.0 Å². The van der Waals surface area contributed by atoms with Gasteiger partial charge in [-0.3, -0.25) is 4.79 Å². The molecular weight excluding hydrogens is 497 g/mol. The van der Waals surface area contributed by atoms with Gasteiger partial charge >= 0.3 is 6.18 Å². The van der Waals surface area contributed by atoms with Crippen LogP contribution in [0.15, 0.2) is 76.8 Å². The minimum Gasteiger partial charge on any atom is -0.488 e. The predicted molar refractivity (Wildman–Crippen MR) is 123 cm³/mol. The maximum absolute atomic E-state index is 12.9. The van der Waals surface area contributed by atoms with Gasteiger partial charge in [0, 0.05) is 15.7 Å². The van der Waals surface area contributed by atoms with Crippen molar-refractivity contribution in [3.8, 4) is 11.8 Å². The molecule has 0 aliphatic carbocycles. The van der Waals surface area contributed by atoms with Gasteiger partial charge in [0.15, 0.2) is 0 Å². The van der Waals surface area contributed by atoms with Gasteiger partial charge in [-0.15, -0.1) is 0 Å². The second-order valence-electron chi connectivity index (χ2n) is 7.16. The average molecular weight is 515 g/mol. The number of benzene rings is 3. The van der Waals surface area contributed by atoms with Crippen molar-refractivity contribution >= 4 is 33.6 Å². The first-order valence-electron chi connectivity index (χ1n) is 9.74. The molecule has 0 atom stereocenters. The first-order chi connectivity index (χ1) is 15.7. The molecule has 0 fully saturated rings. The molecule has 1 N–H and O–H groups in total. The van der Waals surface area contributed by atoms with E-state index in [2.05, 4.69) is 21.2 Å². The van der Waals surface area contributed by atoms with E-state index in [4.69, 9.17) is 4.74 Å². The highest BCUT2D eigenvalue weighted by Crippen LogP contribution is 2.31. The maximum Gasteiger partial charge on any atom is 0.416 e. The molecule has 0 saturated heterocycles. The normalized spacial score (nSPS) is 11.6. The van der Waals surface area contributed by atoms with Gasteiger partial charge < -0.3 is 10.1 Å². The number of nitriles is 1. The van der Waals surface area contributed by atoms with Crippen molar-refractivity contribution in [2.24, 2.45) is 0 Å². The second kappa shape index (κ2) is 10.4. The quantitative estimate of drug-likeness (QED) is 0.287. The fraction of sp³-hybridized carbons (Fsp3) is 0.120. The van der Waals surface area contributed by atoms with E-state index in [-0.39, 0.29) is 17.9 Å². The van der Waals surface area contributed by atoms with Gasteiger partial charge in [-0.1, -0.05) is 51.8 Å². The summed E-state index contributed by atoms with van der Waals surface area (Å²) >= 11 is 3.35. The zero-order valence-corrected chi connectivity index (χ0v) is 19.0. The standard InChI is InChI=1S/C25H18BrF3N2O2/c1-16-5-7-17(8-6-16)15-33-23-10-9-21(26)12-18(23)11-19(14-30)24(32)31-22-4-2-3-20(13-22)25(27,28)29/h2-13H,15H2,1H3,(H,31,32)/b19-11+. The first kappa shape index (κ1) is 24.1. The third kappa shape index (κ3) is 6.70. The highest BCUT2D eigenvalue weighted by molar-refractivity contribution is 9.10. The van der Waals surface area contributed by atoms with E-state index in [1.54, 1.807) is 24.3 Å². The minimum atomic E-state index is -4.55. The number of halogens is 4. The van der Waals surface area contributed by atoms with E-state index in [0.717, 1.165) is 23.3 Å². The Bertz CT molecular complexity index is 1230. The molecule has 33 heavy (non-hydrogen) atoms. The van der Waals surface area contributed by atoms with Crippen molar-refractivity contribution in [1.82, 2.24) is 0 Å². The third-order valence-electron chi connectivity index (χ3n) is 4.60. The number of hydrogen-bond acceptors (Lipinski definition) is 3. The highest BCUT2D eigenvalue weighted by atomic mass is 79.9. The third-order valence-corrected chi connectivity index (χ3v) is 5.09. The lowest BCUT2D eigenvalue weighted by atomic mass is 10.1. The fourth-order valence-corrected chi connectivity index (χ4v) is 3.26. The van der Waals surface area contributed by atoms with Crippen LogP contribution in [0.25, 0.3) is 6.08 Å². The first-order valence-corrected chi connectivity index (χ1v) is 10.5.